The van der Waals surface area contributed by atoms with Crippen LogP contribution in [0.15, 0.2) is 53.5 Å². The molecule has 0 spiro atoms. The SMILES string of the molecule is CCC(=O)Oc1c(NC(=O)c2ccccc2)cccc1OCCCCNC1=NCCCN1. The summed E-state index contributed by atoms with van der Waals surface area (Å²) in [5.41, 5.74) is 0.900. The lowest BCUT2D eigenvalue weighted by molar-refractivity contribution is -0.134. The summed E-state index contributed by atoms with van der Waals surface area (Å²) in [7, 11) is 0. The number of esters is 1. The molecule has 0 unspecified atom stereocenters. The minimum absolute atomic E-state index is 0.212. The van der Waals surface area contributed by atoms with Crippen LogP contribution < -0.4 is 25.4 Å². The highest BCUT2D eigenvalue weighted by Crippen LogP contribution is 2.36. The fourth-order valence-electron chi connectivity index (χ4n) is 3.07. The van der Waals surface area contributed by atoms with Crippen molar-refractivity contribution in [2.75, 3.05) is 31.6 Å². The molecule has 1 aliphatic rings. The molecule has 8 nitrogen and oxygen atoms in total. The second-order valence-corrected chi connectivity index (χ2v) is 7.27. The summed E-state index contributed by atoms with van der Waals surface area (Å²) in [6.45, 7) is 4.76. The Labute approximate surface area is 188 Å². The Bertz CT molecular complexity index is 931. The molecule has 1 aliphatic heterocycles. The zero-order chi connectivity index (χ0) is 22.6. The first-order valence-corrected chi connectivity index (χ1v) is 11.0. The van der Waals surface area contributed by atoms with Gasteiger partial charge in [0.1, 0.15) is 0 Å². The topological polar surface area (TPSA) is 101 Å². The van der Waals surface area contributed by atoms with Gasteiger partial charge in [-0.2, -0.15) is 0 Å². The fourth-order valence-corrected chi connectivity index (χ4v) is 3.07. The van der Waals surface area contributed by atoms with Crippen LogP contribution in [0.5, 0.6) is 11.5 Å². The molecular weight excluding hydrogens is 408 g/mol. The molecule has 32 heavy (non-hydrogen) atoms. The minimum Gasteiger partial charge on any atom is -0.490 e. The highest BCUT2D eigenvalue weighted by Gasteiger charge is 2.17. The Morgan fingerprint density at radius 3 is 2.69 bits per heavy atom. The summed E-state index contributed by atoms with van der Waals surface area (Å²) in [6.07, 6.45) is 2.98. The summed E-state index contributed by atoms with van der Waals surface area (Å²) in [6, 6.07) is 14.0. The zero-order valence-electron chi connectivity index (χ0n) is 18.4. The van der Waals surface area contributed by atoms with Gasteiger partial charge in [0.25, 0.3) is 5.91 Å². The van der Waals surface area contributed by atoms with Crippen LogP contribution in [0.4, 0.5) is 5.69 Å². The molecule has 1 heterocycles. The molecule has 0 fully saturated rings. The molecular formula is C24H30N4O4. The number of unbranched alkanes of at least 4 members (excludes halogenated alkanes) is 1. The second-order valence-electron chi connectivity index (χ2n) is 7.27. The highest BCUT2D eigenvalue weighted by atomic mass is 16.6. The van der Waals surface area contributed by atoms with E-state index in [0.29, 0.717) is 23.6 Å². The predicted molar refractivity (Wildman–Crippen MR) is 124 cm³/mol. The van der Waals surface area contributed by atoms with E-state index in [4.69, 9.17) is 9.47 Å². The van der Waals surface area contributed by atoms with E-state index in [1.165, 1.54) is 0 Å². The lowest BCUT2D eigenvalue weighted by Crippen LogP contribution is -2.41. The lowest BCUT2D eigenvalue weighted by atomic mass is 10.2. The number of rotatable bonds is 10. The van der Waals surface area contributed by atoms with E-state index >= 15 is 0 Å². The van der Waals surface area contributed by atoms with E-state index in [9.17, 15) is 9.59 Å². The van der Waals surface area contributed by atoms with Crippen LogP contribution in [0.3, 0.4) is 0 Å². The van der Waals surface area contributed by atoms with Gasteiger partial charge in [0, 0.05) is 31.6 Å². The largest absolute Gasteiger partial charge is 0.490 e. The van der Waals surface area contributed by atoms with Crippen molar-refractivity contribution in [1.29, 1.82) is 0 Å². The Morgan fingerprint density at radius 2 is 1.94 bits per heavy atom. The lowest BCUT2D eigenvalue weighted by Gasteiger charge is -2.17. The molecule has 8 heteroatoms. The Balaban J connectivity index is 1.58. The molecule has 3 N–H and O–H groups in total. The van der Waals surface area contributed by atoms with Crippen molar-refractivity contribution >= 4 is 23.5 Å². The Hall–Kier alpha value is -3.55. The first-order chi connectivity index (χ1) is 15.7. The van der Waals surface area contributed by atoms with Crippen molar-refractivity contribution in [3.63, 3.8) is 0 Å². The van der Waals surface area contributed by atoms with Crippen LogP contribution in [-0.2, 0) is 4.79 Å². The van der Waals surface area contributed by atoms with Gasteiger partial charge in [-0.3, -0.25) is 14.6 Å². The van der Waals surface area contributed by atoms with E-state index in [1.54, 1.807) is 49.4 Å². The van der Waals surface area contributed by atoms with Gasteiger partial charge >= 0.3 is 5.97 Å². The van der Waals surface area contributed by atoms with Crippen LogP contribution in [0.1, 0.15) is 43.0 Å². The monoisotopic (exact) mass is 438 g/mol. The average molecular weight is 439 g/mol. The maximum atomic E-state index is 12.6. The molecule has 2 aromatic rings. The summed E-state index contributed by atoms with van der Waals surface area (Å²) in [5.74, 6) is 0.808. The Morgan fingerprint density at radius 1 is 1.09 bits per heavy atom. The Kier molecular flexibility index (Phi) is 8.92. The van der Waals surface area contributed by atoms with E-state index < -0.39 is 5.97 Å². The van der Waals surface area contributed by atoms with Crippen molar-refractivity contribution in [2.24, 2.45) is 4.99 Å². The number of benzene rings is 2. The van der Waals surface area contributed by atoms with Crippen molar-refractivity contribution in [2.45, 2.75) is 32.6 Å². The molecule has 2 aromatic carbocycles. The molecule has 0 atom stereocenters. The molecule has 3 rings (SSSR count). The van der Waals surface area contributed by atoms with Crippen LogP contribution >= 0.6 is 0 Å². The summed E-state index contributed by atoms with van der Waals surface area (Å²) in [5, 5.41) is 9.32. The molecule has 0 saturated heterocycles. The molecule has 0 saturated carbocycles. The highest BCUT2D eigenvalue weighted by molar-refractivity contribution is 6.05. The number of aliphatic imine (C=N–C) groups is 1. The van der Waals surface area contributed by atoms with Gasteiger partial charge in [0.05, 0.1) is 12.3 Å². The van der Waals surface area contributed by atoms with Crippen LogP contribution in [0.2, 0.25) is 0 Å². The number of hydrogen-bond acceptors (Lipinski definition) is 7. The number of nitrogens with one attached hydrogen (secondary N) is 3. The van der Waals surface area contributed by atoms with Gasteiger partial charge in [-0.05, 0) is 43.5 Å². The summed E-state index contributed by atoms with van der Waals surface area (Å²) >= 11 is 0. The number of nitrogens with zero attached hydrogens (tertiary/aromatic N) is 1. The van der Waals surface area contributed by atoms with Crippen molar-refractivity contribution in [3.8, 4) is 11.5 Å². The smallest absolute Gasteiger partial charge is 0.311 e. The number of amides is 1. The summed E-state index contributed by atoms with van der Waals surface area (Å²) in [4.78, 5) is 29.0. The van der Waals surface area contributed by atoms with Gasteiger partial charge in [-0.15, -0.1) is 0 Å². The van der Waals surface area contributed by atoms with Crippen LogP contribution in [0.25, 0.3) is 0 Å². The van der Waals surface area contributed by atoms with Gasteiger partial charge in [-0.1, -0.05) is 31.2 Å². The second kappa shape index (κ2) is 12.3. The van der Waals surface area contributed by atoms with Gasteiger partial charge < -0.3 is 25.4 Å². The number of hydrogen-bond donors (Lipinski definition) is 3. The first kappa shape index (κ1) is 23.1. The fraction of sp³-hybridized carbons (Fsp3) is 0.375. The van der Waals surface area contributed by atoms with E-state index in [1.807, 2.05) is 6.07 Å². The molecule has 170 valence electrons. The number of guanidine groups is 1. The normalized spacial score (nSPS) is 12.8. The van der Waals surface area contributed by atoms with Crippen LogP contribution in [0, 0.1) is 0 Å². The maximum Gasteiger partial charge on any atom is 0.311 e. The third-order valence-electron chi connectivity index (χ3n) is 4.79. The number of carbonyl (C=O) groups excluding carboxylic acids is 2. The third-order valence-corrected chi connectivity index (χ3v) is 4.79. The predicted octanol–water partition coefficient (Wildman–Crippen LogP) is 3.35. The van der Waals surface area contributed by atoms with Crippen molar-refractivity contribution in [1.82, 2.24) is 10.6 Å². The standard InChI is InChI=1S/C24H30N4O4/c1-2-21(29)32-22-19(28-23(30)18-10-4-3-5-11-18)12-8-13-20(22)31-17-7-6-14-25-24-26-15-9-16-27-24/h3-5,8,10-13H,2,6-7,9,14-17H2,1H3,(H,28,30)(H2,25,26,27). The van der Waals surface area contributed by atoms with E-state index in [-0.39, 0.29) is 18.1 Å². The molecule has 1 amide bonds. The van der Waals surface area contributed by atoms with Crippen molar-refractivity contribution < 1.29 is 19.1 Å². The molecule has 0 bridgehead atoms. The summed E-state index contributed by atoms with van der Waals surface area (Å²) < 4.78 is 11.4. The maximum absolute atomic E-state index is 12.6. The van der Waals surface area contributed by atoms with Crippen molar-refractivity contribution in [3.05, 3.63) is 54.1 Å². The van der Waals surface area contributed by atoms with E-state index in [2.05, 4.69) is 20.9 Å². The van der Waals surface area contributed by atoms with E-state index in [0.717, 1.165) is 44.9 Å². The third kappa shape index (κ3) is 7.01. The zero-order valence-corrected chi connectivity index (χ0v) is 18.4. The van der Waals surface area contributed by atoms with Gasteiger partial charge in [0.15, 0.2) is 17.5 Å². The number of ether oxygens (including phenoxy) is 2. The molecule has 0 aliphatic carbocycles. The molecule has 0 radical (unpaired) electrons. The molecule has 0 aromatic heterocycles. The number of para-hydroxylation sites is 1. The average Bonchev–Trinajstić information content (AvgIpc) is 2.84. The number of carbonyl (C=O) groups is 2. The minimum atomic E-state index is -0.402. The van der Waals surface area contributed by atoms with Crippen LogP contribution in [-0.4, -0.2) is 44.1 Å². The first-order valence-electron chi connectivity index (χ1n) is 11.0. The van der Waals surface area contributed by atoms with Gasteiger partial charge in [0.2, 0.25) is 0 Å². The number of anilines is 1. The van der Waals surface area contributed by atoms with Gasteiger partial charge in [-0.25, -0.2) is 0 Å². The quantitative estimate of drug-likeness (QED) is 0.299.